The SMILES string of the molecule is Cc1ccc(S(=O)(=O)N2CCN(C(=O)/C=C(/c3ccccc3)C(F)(F)F)CC2)cc1C. The smallest absolute Gasteiger partial charge is 0.337 e. The van der Waals surface area contributed by atoms with Crippen molar-refractivity contribution in [2.24, 2.45) is 0 Å². The van der Waals surface area contributed by atoms with Gasteiger partial charge in [0.25, 0.3) is 0 Å². The Hall–Kier alpha value is -2.65. The Morgan fingerprint density at radius 3 is 2.10 bits per heavy atom. The molecular weight excluding hydrogens is 429 g/mol. The van der Waals surface area contributed by atoms with E-state index in [-0.39, 0.29) is 36.6 Å². The Morgan fingerprint density at radius 1 is 0.935 bits per heavy atom. The number of carbonyl (C=O) groups is 1. The zero-order valence-corrected chi connectivity index (χ0v) is 18.0. The van der Waals surface area contributed by atoms with E-state index in [2.05, 4.69) is 0 Å². The molecule has 1 saturated heterocycles. The molecule has 9 heteroatoms. The number of allylic oxidation sites excluding steroid dienone is 1. The summed E-state index contributed by atoms with van der Waals surface area (Å²) in [6.45, 7) is 3.76. The van der Waals surface area contributed by atoms with Crippen LogP contribution in [0.25, 0.3) is 5.57 Å². The van der Waals surface area contributed by atoms with Crippen molar-refractivity contribution >= 4 is 21.5 Å². The molecule has 31 heavy (non-hydrogen) atoms. The first-order chi connectivity index (χ1) is 14.5. The summed E-state index contributed by atoms with van der Waals surface area (Å²) in [5.74, 6) is -0.792. The zero-order chi connectivity index (χ0) is 22.8. The quantitative estimate of drug-likeness (QED) is 0.664. The van der Waals surface area contributed by atoms with Crippen molar-refractivity contribution in [2.45, 2.75) is 24.9 Å². The first-order valence-electron chi connectivity index (χ1n) is 9.71. The third-order valence-corrected chi connectivity index (χ3v) is 7.22. The summed E-state index contributed by atoms with van der Waals surface area (Å²) in [6, 6.07) is 12.0. The van der Waals surface area contributed by atoms with E-state index in [0.29, 0.717) is 6.08 Å². The molecule has 0 saturated carbocycles. The van der Waals surface area contributed by atoms with Crippen LogP contribution >= 0.6 is 0 Å². The zero-order valence-electron chi connectivity index (χ0n) is 17.2. The highest BCUT2D eigenvalue weighted by atomic mass is 32.2. The molecule has 2 aromatic rings. The molecule has 0 radical (unpaired) electrons. The number of sulfonamides is 1. The number of hydrogen-bond acceptors (Lipinski definition) is 3. The molecule has 5 nitrogen and oxygen atoms in total. The van der Waals surface area contributed by atoms with Crippen molar-refractivity contribution in [3.05, 3.63) is 71.3 Å². The number of halogens is 3. The topological polar surface area (TPSA) is 57.7 Å². The van der Waals surface area contributed by atoms with Gasteiger partial charge < -0.3 is 4.90 Å². The average Bonchev–Trinajstić information content (AvgIpc) is 2.73. The highest BCUT2D eigenvalue weighted by Crippen LogP contribution is 2.34. The maximum Gasteiger partial charge on any atom is 0.417 e. The Bertz CT molecular complexity index is 1090. The normalized spacial score (nSPS) is 16.4. The van der Waals surface area contributed by atoms with E-state index in [9.17, 15) is 26.4 Å². The second kappa shape index (κ2) is 8.84. The molecule has 0 bridgehead atoms. The summed E-state index contributed by atoms with van der Waals surface area (Å²) < 4.78 is 67.4. The van der Waals surface area contributed by atoms with Crippen LogP contribution in [0.4, 0.5) is 13.2 Å². The van der Waals surface area contributed by atoms with Crippen molar-refractivity contribution in [1.82, 2.24) is 9.21 Å². The van der Waals surface area contributed by atoms with E-state index >= 15 is 0 Å². The van der Waals surface area contributed by atoms with E-state index in [1.54, 1.807) is 18.2 Å². The van der Waals surface area contributed by atoms with Crippen molar-refractivity contribution < 1.29 is 26.4 Å². The number of aryl methyl sites for hydroxylation is 2. The number of carbonyl (C=O) groups excluding carboxylic acids is 1. The lowest BCUT2D eigenvalue weighted by Crippen LogP contribution is -2.50. The lowest BCUT2D eigenvalue weighted by atomic mass is 10.0. The van der Waals surface area contributed by atoms with Crippen LogP contribution < -0.4 is 0 Å². The second-order valence-electron chi connectivity index (χ2n) is 7.40. The minimum atomic E-state index is -4.69. The molecule has 0 unspecified atom stereocenters. The molecule has 0 N–H and O–H groups in total. The fourth-order valence-corrected chi connectivity index (χ4v) is 4.84. The van der Waals surface area contributed by atoms with E-state index in [4.69, 9.17) is 0 Å². The summed E-state index contributed by atoms with van der Waals surface area (Å²) in [5, 5.41) is 0. The van der Waals surface area contributed by atoms with Gasteiger partial charge in [0.15, 0.2) is 0 Å². The van der Waals surface area contributed by atoms with Crippen LogP contribution in [0.15, 0.2) is 59.5 Å². The molecule has 1 aliphatic rings. The molecule has 0 atom stereocenters. The molecule has 1 aliphatic heterocycles. The lowest BCUT2D eigenvalue weighted by molar-refractivity contribution is -0.127. The minimum absolute atomic E-state index is 0.0132. The predicted molar refractivity (Wildman–Crippen MR) is 112 cm³/mol. The van der Waals surface area contributed by atoms with E-state index in [1.165, 1.54) is 39.5 Å². The minimum Gasteiger partial charge on any atom is -0.337 e. The van der Waals surface area contributed by atoms with Gasteiger partial charge in [-0.25, -0.2) is 8.42 Å². The number of rotatable bonds is 4. The van der Waals surface area contributed by atoms with Crippen molar-refractivity contribution in [2.75, 3.05) is 26.2 Å². The monoisotopic (exact) mass is 452 g/mol. The van der Waals surface area contributed by atoms with Crippen molar-refractivity contribution in [3.8, 4) is 0 Å². The first-order valence-corrected chi connectivity index (χ1v) is 11.1. The standard InChI is InChI=1S/C22H23F3N2O3S/c1-16-8-9-19(14-17(16)2)31(29,30)27-12-10-26(11-13-27)21(28)15-20(22(23,24)25)18-6-4-3-5-7-18/h3-9,14-15H,10-13H2,1-2H3/b20-15-. The summed E-state index contributed by atoms with van der Waals surface area (Å²) in [5.41, 5.74) is 0.697. The van der Waals surface area contributed by atoms with Crippen molar-refractivity contribution in [1.29, 1.82) is 0 Å². The van der Waals surface area contributed by atoms with Crippen LogP contribution in [0.2, 0.25) is 0 Å². The molecule has 0 spiro atoms. The number of nitrogens with zero attached hydrogens (tertiary/aromatic N) is 2. The maximum absolute atomic E-state index is 13.5. The molecule has 166 valence electrons. The van der Waals surface area contributed by atoms with Crippen LogP contribution in [-0.2, 0) is 14.8 Å². The number of benzene rings is 2. The number of piperazine rings is 1. The molecule has 0 aliphatic carbocycles. The molecule has 3 rings (SSSR count). The number of alkyl halides is 3. The van der Waals surface area contributed by atoms with Gasteiger partial charge in [0.05, 0.1) is 10.5 Å². The third-order valence-electron chi connectivity index (χ3n) is 5.32. The number of amides is 1. The van der Waals surface area contributed by atoms with Gasteiger partial charge in [-0.15, -0.1) is 0 Å². The number of hydrogen-bond donors (Lipinski definition) is 0. The fourth-order valence-electron chi connectivity index (χ4n) is 3.33. The van der Waals surface area contributed by atoms with Crippen LogP contribution in [0.1, 0.15) is 16.7 Å². The maximum atomic E-state index is 13.5. The van der Waals surface area contributed by atoms with Gasteiger partial charge in [-0.2, -0.15) is 17.5 Å². The Labute approximate surface area is 179 Å². The second-order valence-corrected chi connectivity index (χ2v) is 9.34. The predicted octanol–water partition coefficient (Wildman–Crippen LogP) is 3.78. The summed E-state index contributed by atoms with van der Waals surface area (Å²) in [4.78, 5) is 13.9. The van der Waals surface area contributed by atoms with E-state index in [1.807, 2.05) is 13.8 Å². The van der Waals surface area contributed by atoms with Crippen molar-refractivity contribution in [3.63, 3.8) is 0 Å². The van der Waals surface area contributed by atoms with Gasteiger partial charge in [-0.3, -0.25) is 4.79 Å². The average molecular weight is 452 g/mol. The molecule has 0 aromatic heterocycles. The van der Waals surface area contributed by atoms with Gasteiger partial charge in [0, 0.05) is 32.3 Å². The highest BCUT2D eigenvalue weighted by Gasteiger charge is 2.36. The van der Waals surface area contributed by atoms with E-state index < -0.39 is 27.7 Å². The Balaban J connectivity index is 1.74. The largest absolute Gasteiger partial charge is 0.417 e. The van der Waals surface area contributed by atoms with Gasteiger partial charge in [-0.1, -0.05) is 36.4 Å². The molecule has 2 aromatic carbocycles. The summed E-state index contributed by atoms with van der Waals surface area (Å²) in [6.07, 6.45) is -4.10. The molecule has 1 amide bonds. The van der Waals surface area contributed by atoms with E-state index in [0.717, 1.165) is 11.1 Å². The first kappa shape index (κ1) is 23.0. The Kier molecular flexibility index (Phi) is 6.56. The third kappa shape index (κ3) is 5.16. The molecule has 1 heterocycles. The van der Waals surface area contributed by atoms with Gasteiger partial charge in [-0.05, 0) is 42.7 Å². The highest BCUT2D eigenvalue weighted by molar-refractivity contribution is 7.89. The summed E-state index contributed by atoms with van der Waals surface area (Å²) >= 11 is 0. The van der Waals surface area contributed by atoms with Crippen LogP contribution in [0.3, 0.4) is 0 Å². The molecular formula is C22H23F3N2O3S. The summed E-state index contributed by atoms with van der Waals surface area (Å²) in [7, 11) is -3.74. The molecule has 1 fully saturated rings. The van der Waals surface area contributed by atoms with Gasteiger partial charge >= 0.3 is 6.18 Å². The van der Waals surface area contributed by atoms with Crippen LogP contribution in [-0.4, -0.2) is 55.9 Å². The van der Waals surface area contributed by atoms with Gasteiger partial charge in [0.2, 0.25) is 15.9 Å². The van der Waals surface area contributed by atoms with Crippen LogP contribution in [0, 0.1) is 13.8 Å². The Morgan fingerprint density at radius 2 is 1.55 bits per heavy atom. The fraction of sp³-hybridized carbons (Fsp3) is 0.318. The lowest BCUT2D eigenvalue weighted by Gasteiger charge is -2.33. The van der Waals surface area contributed by atoms with Gasteiger partial charge in [0.1, 0.15) is 0 Å². The van der Waals surface area contributed by atoms with Crippen LogP contribution in [0.5, 0.6) is 0 Å².